The highest BCUT2D eigenvalue weighted by Crippen LogP contribution is 2.43. The second-order valence-corrected chi connectivity index (χ2v) is 10.6. The number of sulfone groups is 1. The van der Waals surface area contributed by atoms with Crippen LogP contribution in [0, 0.1) is 0 Å². The Morgan fingerprint density at radius 2 is 1.93 bits per heavy atom. The first-order valence-corrected chi connectivity index (χ1v) is 12.1. The number of phenolic OH excluding ortho intramolecular Hbond substituents is 2. The minimum atomic E-state index is -3.97. The molecule has 2 aliphatic rings. The van der Waals surface area contributed by atoms with E-state index >= 15 is 0 Å². The maximum Gasteiger partial charge on any atom is 0.255 e. The van der Waals surface area contributed by atoms with E-state index in [-0.39, 0.29) is 39.5 Å². The molecule has 0 aromatic heterocycles. The predicted molar refractivity (Wildman–Crippen MR) is 113 cm³/mol. The molecule has 4 rings (SSSR count). The number of carbonyl (C=O) groups excluding carboxylic acids is 1. The smallest absolute Gasteiger partial charge is 0.255 e. The summed E-state index contributed by atoms with van der Waals surface area (Å²) in [5.74, 6) is -1.44. The summed E-state index contributed by atoms with van der Waals surface area (Å²) < 4.78 is 31.7. The first kappa shape index (κ1) is 21.1. The van der Waals surface area contributed by atoms with Gasteiger partial charge >= 0.3 is 0 Å². The van der Waals surface area contributed by atoms with Crippen LogP contribution in [0.25, 0.3) is 0 Å². The molecule has 1 atom stereocenters. The average Bonchev–Trinajstić information content (AvgIpc) is 3.42. The first-order valence-electron chi connectivity index (χ1n) is 9.70. The summed E-state index contributed by atoms with van der Waals surface area (Å²) in [6, 6.07) is 7.31. The number of benzene rings is 2. The molecule has 7 nitrogen and oxygen atoms in total. The Kier molecular flexibility index (Phi) is 5.78. The number of carbonyl (C=O) groups is 1. The Labute approximate surface area is 183 Å². The van der Waals surface area contributed by atoms with Gasteiger partial charge in [0.15, 0.2) is 9.84 Å². The molecule has 2 aromatic rings. The SMILES string of the molecule is O=C(NC1CCOC1)c1cc(C2CC2)cc(CS(=O)(=O)c2cc(Br)ccc2O)c1O. The molecule has 3 N–H and O–H groups in total. The van der Waals surface area contributed by atoms with E-state index in [9.17, 15) is 23.4 Å². The minimum absolute atomic E-state index is 0.0648. The van der Waals surface area contributed by atoms with Gasteiger partial charge in [-0.25, -0.2) is 8.42 Å². The van der Waals surface area contributed by atoms with Gasteiger partial charge in [0, 0.05) is 16.6 Å². The third kappa shape index (κ3) is 4.48. The lowest BCUT2D eigenvalue weighted by atomic mass is 10.0. The van der Waals surface area contributed by atoms with Gasteiger partial charge in [0.25, 0.3) is 5.91 Å². The van der Waals surface area contributed by atoms with Gasteiger partial charge in [-0.05, 0) is 55.0 Å². The molecule has 2 aromatic carbocycles. The Balaban J connectivity index is 1.69. The highest BCUT2D eigenvalue weighted by molar-refractivity contribution is 9.10. The predicted octanol–water partition coefficient (Wildman–Crippen LogP) is 3.23. The van der Waals surface area contributed by atoms with Crippen LogP contribution in [0.4, 0.5) is 0 Å². The summed E-state index contributed by atoms with van der Waals surface area (Å²) in [6.07, 6.45) is 2.61. The number of hydrogen-bond donors (Lipinski definition) is 3. The van der Waals surface area contributed by atoms with E-state index in [0.29, 0.717) is 24.1 Å². The summed E-state index contributed by atoms with van der Waals surface area (Å²) in [6.45, 7) is 0.983. The van der Waals surface area contributed by atoms with Crippen LogP contribution >= 0.6 is 15.9 Å². The molecular weight excluding hydrogens is 474 g/mol. The average molecular weight is 496 g/mol. The second-order valence-electron chi connectivity index (χ2n) is 7.76. The molecule has 160 valence electrons. The molecule has 1 amide bonds. The van der Waals surface area contributed by atoms with Gasteiger partial charge in [0.05, 0.1) is 24.0 Å². The number of aromatic hydroxyl groups is 2. The van der Waals surface area contributed by atoms with E-state index in [1.54, 1.807) is 12.1 Å². The quantitative estimate of drug-likeness (QED) is 0.566. The standard InChI is InChI=1S/C21H22BrNO6S/c22-15-3-4-18(24)19(9-15)30(27,28)11-14-7-13(12-1-2-12)8-17(20(14)25)21(26)23-16-5-6-29-10-16/h3-4,7-9,12,16,24-25H,1-2,5-6,10-11H2,(H,23,26). The highest BCUT2D eigenvalue weighted by Gasteiger charge is 2.30. The Bertz CT molecular complexity index is 1090. The van der Waals surface area contributed by atoms with Crippen LogP contribution in [0.5, 0.6) is 11.5 Å². The minimum Gasteiger partial charge on any atom is -0.507 e. The molecule has 30 heavy (non-hydrogen) atoms. The van der Waals surface area contributed by atoms with E-state index in [4.69, 9.17) is 4.74 Å². The van der Waals surface area contributed by atoms with E-state index in [2.05, 4.69) is 21.2 Å². The number of nitrogens with one attached hydrogen (secondary N) is 1. The van der Waals surface area contributed by atoms with E-state index in [1.165, 1.54) is 18.2 Å². The highest BCUT2D eigenvalue weighted by atomic mass is 79.9. The van der Waals surface area contributed by atoms with Crippen molar-refractivity contribution < 1.29 is 28.2 Å². The molecule has 1 aliphatic carbocycles. The summed E-state index contributed by atoms with van der Waals surface area (Å²) in [5.41, 5.74) is 1.05. The number of halogens is 1. The molecule has 1 aliphatic heterocycles. The fraction of sp³-hybridized carbons (Fsp3) is 0.381. The van der Waals surface area contributed by atoms with Crippen molar-refractivity contribution in [2.45, 2.75) is 41.9 Å². The molecule has 0 bridgehead atoms. The lowest BCUT2D eigenvalue weighted by Gasteiger charge is -2.16. The van der Waals surface area contributed by atoms with Crippen molar-refractivity contribution in [3.8, 4) is 11.5 Å². The number of ether oxygens (including phenoxy) is 1. The maximum atomic E-state index is 13.0. The lowest BCUT2D eigenvalue weighted by Crippen LogP contribution is -2.35. The van der Waals surface area contributed by atoms with Crippen molar-refractivity contribution in [1.29, 1.82) is 0 Å². The molecule has 9 heteroatoms. The third-order valence-corrected chi connectivity index (χ3v) is 7.55. The largest absolute Gasteiger partial charge is 0.507 e. The van der Waals surface area contributed by atoms with E-state index in [0.717, 1.165) is 18.4 Å². The Hall–Kier alpha value is -2.10. The van der Waals surface area contributed by atoms with E-state index in [1.807, 2.05) is 0 Å². The van der Waals surface area contributed by atoms with Crippen LogP contribution in [-0.2, 0) is 20.3 Å². The van der Waals surface area contributed by atoms with Crippen LogP contribution in [0.1, 0.15) is 46.7 Å². The van der Waals surface area contributed by atoms with E-state index < -0.39 is 21.5 Å². The molecule has 1 heterocycles. The zero-order chi connectivity index (χ0) is 21.5. The summed E-state index contributed by atoms with van der Waals surface area (Å²) in [7, 11) is -3.97. The third-order valence-electron chi connectivity index (χ3n) is 5.37. The van der Waals surface area contributed by atoms with Crippen LogP contribution in [0.2, 0.25) is 0 Å². The zero-order valence-electron chi connectivity index (χ0n) is 16.1. The van der Waals surface area contributed by atoms with Gasteiger partial charge in [-0.15, -0.1) is 0 Å². The molecule has 2 fully saturated rings. The van der Waals surface area contributed by atoms with Gasteiger partial charge in [0.2, 0.25) is 0 Å². The number of rotatable bonds is 6. The van der Waals surface area contributed by atoms with Crippen LogP contribution in [0.3, 0.4) is 0 Å². The lowest BCUT2D eigenvalue weighted by molar-refractivity contribution is 0.0927. The van der Waals surface area contributed by atoms with Crippen LogP contribution < -0.4 is 5.32 Å². The number of amides is 1. The summed E-state index contributed by atoms with van der Waals surface area (Å²) in [5, 5.41) is 23.6. The Morgan fingerprint density at radius 1 is 1.17 bits per heavy atom. The fourth-order valence-electron chi connectivity index (χ4n) is 3.59. The van der Waals surface area contributed by atoms with Gasteiger partial charge in [-0.2, -0.15) is 0 Å². The molecule has 1 saturated carbocycles. The molecule has 0 radical (unpaired) electrons. The molecular formula is C21H22BrNO6S. The van der Waals surface area contributed by atoms with Crippen molar-refractivity contribution in [2.24, 2.45) is 0 Å². The number of hydrogen-bond acceptors (Lipinski definition) is 6. The van der Waals surface area contributed by atoms with Gasteiger partial charge in [-0.1, -0.05) is 22.0 Å². The molecule has 1 saturated heterocycles. The van der Waals surface area contributed by atoms with Crippen molar-refractivity contribution in [2.75, 3.05) is 13.2 Å². The van der Waals surface area contributed by atoms with Crippen molar-refractivity contribution >= 4 is 31.7 Å². The summed E-state index contributed by atoms with van der Waals surface area (Å²) in [4.78, 5) is 12.5. The Morgan fingerprint density at radius 3 is 2.60 bits per heavy atom. The summed E-state index contributed by atoms with van der Waals surface area (Å²) >= 11 is 3.21. The van der Waals surface area contributed by atoms with Gasteiger partial charge in [-0.3, -0.25) is 4.79 Å². The van der Waals surface area contributed by atoms with Gasteiger partial charge in [0.1, 0.15) is 16.4 Å². The number of phenols is 2. The molecule has 1 unspecified atom stereocenters. The fourth-order valence-corrected chi connectivity index (χ4v) is 5.58. The molecule has 0 spiro atoms. The van der Waals surface area contributed by atoms with Gasteiger partial charge < -0.3 is 20.3 Å². The van der Waals surface area contributed by atoms with Crippen molar-refractivity contribution in [1.82, 2.24) is 5.32 Å². The maximum absolute atomic E-state index is 13.0. The first-order chi connectivity index (χ1) is 14.2. The van der Waals surface area contributed by atoms with Crippen LogP contribution in [0.15, 0.2) is 39.7 Å². The monoisotopic (exact) mass is 495 g/mol. The van der Waals surface area contributed by atoms with Crippen molar-refractivity contribution in [3.63, 3.8) is 0 Å². The zero-order valence-corrected chi connectivity index (χ0v) is 18.5. The topological polar surface area (TPSA) is 113 Å². The van der Waals surface area contributed by atoms with Crippen LogP contribution in [-0.4, -0.2) is 43.8 Å². The second kappa shape index (κ2) is 8.20. The van der Waals surface area contributed by atoms with Crippen molar-refractivity contribution in [3.05, 3.63) is 51.5 Å². The normalized spacial score (nSPS) is 19.0.